The second-order valence-corrected chi connectivity index (χ2v) is 5.18. The zero-order valence-electron chi connectivity index (χ0n) is 13.1. The molecule has 0 heterocycles. The van der Waals surface area contributed by atoms with Gasteiger partial charge in [0.2, 0.25) is 0 Å². The summed E-state index contributed by atoms with van der Waals surface area (Å²) in [6.07, 6.45) is 0.484. The molecule has 1 unspecified atom stereocenters. The van der Waals surface area contributed by atoms with Crippen molar-refractivity contribution >= 4 is 0 Å². The van der Waals surface area contributed by atoms with Crippen LogP contribution < -0.4 is 10.1 Å². The zero-order chi connectivity index (χ0) is 15.5. The fourth-order valence-electron chi connectivity index (χ4n) is 1.73. The summed E-state index contributed by atoms with van der Waals surface area (Å²) in [7, 11) is 0. The van der Waals surface area contributed by atoms with Crippen LogP contribution in [0.4, 0.5) is 0 Å². The van der Waals surface area contributed by atoms with E-state index in [2.05, 4.69) is 18.8 Å². The van der Waals surface area contributed by atoms with Gasteiger partial charge in [-0.15, -0.1) is 0 Å². The Kier molecular flexibility index (Phi) is 8.74. The van der Waals surface area contributed by atoms with E-state index in [1.807, 2.05) is 31.2 Å². The van der Waals surface area contributed by atoms with Crippen molar-refractivity contribution in [3.63, 3.8) is 0 Å². The standard InChI is InChI=1S/C17H27NO3/c1-4-15-5-7-17(8-6-15)21-13-16(19)11-18-9-10-20-12-14(2)3/h5-8,16,18-19H,2,4,9-13H2,1,3H3. The van der Waals surface area contributed by atoms with Crippen LogP contribution in [-0.2, 0) is 11.2 Å². The Bertz CT molecular complexity index is 403. The highest BCUT2D eigenvalue weighted by Gasteiger charge is 2.04. The molecule has 4 heteroatoms. The summed E-state index contributed by atoms with van der Waals surface area (Å²) >= 11 is 0. The van der Waals surface area contributed by atoms with Crippen LogP contribution in [0.2, 0.25) is 0 Å². The number of hydrogen-bond acceptors (Lipinski definition) is 4. The zero-order valence-corrected chi connectivity index (χ0v) is 13.1. The molecular weight excluding hydrogens is 266 g/mol. The summed E-state index contributed by atoms with van der Waals surface area (Å²) in [5, 5.41) is 12.9. The lowest BCUT2D eigenvalue weighted by Gasteiger charge is -2.13. The number of nitrogens with one attached hydrogen (secondary N) is 1. The summed E-state index contributed by atoms with van der Waals surface area (Å²) in [6.45, 7) is 10.5. The van der Waals surface area contributed by atoms with E-state index < -0.39 is 6.10 Å². The molecule has 1 rings (SSSR count). The molecule has 2 N–H and O–H groups in total. The highest BCUT2D eigenvalue weighted by molar-refractivity contribution is 5.27. The van der Waals surface area contributed by atoms with Gasteiger partial charge in [-0.1, -0.05) is 31.2 Å². The first kappa shape index (κ1) is 17.7. The van der Waals surface area contributed by atoms with Crippen LogP contribution in [0.15, 0.2) is 36.4 Å². The third kappa shape index (κ3) is 8.50. The van der Waals surface area contributed by atoms with Crippen LogP contribution in [0.25, 0.3) is 0 Å². The Morgan fingerprint density at radius 3 is 2.67 bits per heavy atom. The number of benzene rings is 1. The number of aliphatic hydroxyl groups is 1. The van der Waals surface area contributed by atoms with Crippen molar-refractivity contribution in [2.24, 2.45) is 0 Å². The Labute approximate surface area is 127 Å². The molecule has 0 aromatic heterocycles. The third-order valence-corrected chi connectivity index (χ3v) is 2.93. The van der Waals surface area contributed by atoms with Gasteiger partial charge in [0.1, 0.15) is 18.5 Å². The van der Waals surface area contributed by atoms with Gasteiger partial charge in [0.05, 0.1) is 13.2 Å². The van der Waals surface area contributed by atoms with Crippen LogP contribution in [0.3, 0.4) is 0 Å². The lowest BCUT2D eigenvalue weighted by molar-refractivity contribution is 0.101. The average Bonchev–Trinajstić information content (AvgIpc) is 2.49. The van der Waals surface area contributed by atoms with Crippen molar-refractivity contribution in [3.05, 3.63) is 42.0 Å². The first-order valence-electron chi connectivity index (χ1n) is 7.44. The first-order valence-corrected chi connectivity index (χ1v) is 7.44. The normalized spacial score (nSPS) is 12.1. The van der Waals surface area contributed by atoms with E-state index in [0.717, 1.165) is 17.7 Å². The molecule has 0 amide bonds. The van der Waals surface area contributed by atoms with Gasteiger partial charge in [-0.05, 0) is 31.0 Å². The van der Waals surface area contributed by atoms with Crippen molar-refractivity contribution in [2.45, 2.75) is 26.4 Å². The van der Waals surface area contributed by atoms with E-state index in [1.165, 1.54) is 5.56 Å². The summed E-state index contributed by atoms with van der Waals surface area (Å²) in [5.74, 6) is 0.788. The van der Waals surface area contributed by atoms with E-state index in [1.54, 1.807) is 0 Å². The third-order valence-electron chi connectivity index (χ3n) is 2.93. The molecule has 0 aliphatic rings. The molecule has 0 saturated carbocycles. The molecule has 0 bridgehead atoms. The van der Waals surface area contributed by atoms with Gasteiger partial charge in [-0.2, -0.15) is 0 Å². The van der Waals surface area contributed by atoms with Crippen LogP contribution in [0, 0.1) is 0 Å². The molecular formula is C17H27NO3. The number of ether oxygens (including phenoxy) is 2. The molecule has 0 saturated heterocycles. The maximum Gasteiger partial charge on any atom is 0.119 e. The van der Waals surface area contributed by atoms with E-state index in [0.29, 0.717) is 26.3 Å². The van der Waals surface area contributed by atoms with Crippen molar-refractivity contribution in [2.75, 3.05) is 32.9 Å². The topological polar surface area (TPSA) is 50.7 Å². The molecule has 1 aromatic rings. The van der Waals surface area contributed by atoms with Crippen LogP contribution >= 0.6 is 0 Å². The van der Waals surface area contributed by atoms with Crippen molar-refractivity contribution in [3.8, 4) is 5.75 Å². The van der Waals surface area contributed by atoms with Crippen molar-refractivity contribution < 1.29 is 14.6 Å². The molecule has 0 spiro atoms. The summed E-state index contributed by atoms with van der Waals surface area (Å²) in [4.78, 5) is 0. The second kappa shape index (κ2) is 10.4. The first-order chi connectivity index (χ1) is 10.1. The predicted molar refractivity (Wildman–Crippen MR) is 85.8 cm³/mol. The van der Waals surface area contributed by atoms with Gasteiger partial charge in [-0.25, -0.2) is 0 Å². The van der Waals surface area contributed by atoms with E-state index in [4.69, 9.17) is 9.47 Å². The minimum Gasteiger partial charge on any atom is -0.491 e. The number of aliphatic hydroxyl groups excluding tert-OH is 1. The quantitative estimate of drug-likeness (QED) is 0.485. The van der Waals surface area contributed by atoms with Crippen molar-refractivity contribution in [1.29, 1.82) is 0 Å². The average molecular weight is 293 g/mol. The fraction of sp³-hybridized carbons (Fsp3) is 0.529. The molecule has 0 radical (unpaired) electrons. The van der Waals surface area contributed by atoms with Gasteiger partial charge in [0.25, 0.3) is 0 Å². The Morgan fingerprint density at radius 1 is 1.33 bits per heavy atom. The van der Waals surface area contributed by atoms with E-state index in [9.17, 15) is 5.11 Å². The highest BCUT2D eigenvalue weighted by atomic mass is 16.5. The molecule has 0 aliphatic carbocycles. The Hall–Kier alpha value is -1.36. The monoisotopic (exact) mass is 293 g/mol. The Morgan fingerprint density at radius 2 is 2.05 bits per heavy atom. The van der Waals surface area contributed by atoms with Gasteiger partial charge in [-0.3, -0.25) is 0 Å². The molecule has 0 aliphatic heterocycles. The SMILES string of the molecule is C=C(C)COCCNCC(O)COc1ccc(CC)cc1. The van der Waals surface area contributed by atoms with Gasteiger partial charge in [0.15, 0.2) is 0 Å². The largest absolute Gasteiger partial charge is 0.491 e. The van der Waals surface area contributed by atoms with Gasteiger partial charge < -0.3 is 19.9 Å². The molecule has 1 aromatic carbocycles. The second-order valence-electron chi connectivity index (χ2n) is 5.18. The van der Waals surface area contributed by atoms with Crippen LogP contribution in [-0.4, -0.2) is 44.1 Å². The smallest absolute Gasteiger partial charge is 0.119 e. The fourth-order valence-corrected chi connectivity index (χ4v) is 1.73. The maximum atomic E-state index is 9.81. The number of aryl methyl sites for hydroxylation is 1. The lowest BCUT2D eigenvalue weighted by atomic mass is 10.2. The molecule has 21 heavy (non-hydrogen) atoms. The van der Waals surface area contributed by atoms with Crippen LogP contribution in [0.1, 0.15) is 19.4 Å². The van der Waals surface area contributed by atoms with Gasteiger partial charge in [0, 0.05) is 13.1 Å². The summed E-state index contributed by atoms with van der Waals surface area (Å²) in [5.41, 5.74) is 2.29. The Balaban J connectivity index is 2.07. The van der Waals surface area contributed by atoms with Crippen molar-refractivity contribution in [1.82, 2.24) is 5.32 Å². The number of hydrogen-bond donors (Lipinski definition) is 2. The number of rotatable bonds is 11. The maximum absolute atomic E-state index is 9.81. The van der Waals surface area contributed by atoms with Gasteiger partial charge >= 0.3 is 0 Å². The van der Waals surface area contributed by atoms with E-state index in [-0.39, 0.29) is 6.61 Å². The molecule has 4 nitrogen and oxygen atoms in total. The van der Waals surface area contributed by atoms with Crippen LogP contribution in [0.5, 0.6) is 5.75 Å². The minimum atomic E-state index is -0.531. The molecule has 118 valence electrons. The summed E-state index contributed by atoms with van der Waals surface area (Å²) in [6, 6.07) is 7.95. The predicted octanol–water partition coefficient (Wildman–Crippen LogP) is 2.17. The van der Waals surface area contributed by atoms with E-state index >= 15 is 0 Å². The highest BCUT2D eigenvalue weighted by Crippen LogP contribution is 2.12. The summed E-state index contributed by atoms with van der Waals surface area (Å²) < 4.78 is 10.9. The molecule has 0 fully saturated rings. The minimum absolute atomic E-state index is 0.283. The lowest BCUT2D eigenvalue weighted by Crippen LogP contribution is -2.33. The molecule has 1 atom stereocenters.